The van der Waals surface area contributed by atoms with Crippen LogP contribution in [0.5, 0.6) is 17.2 Å². The van der Waals surface area contributed by atoms with Crippen LogP contribution < -0.4 is 24.8 Å². The largest absolute Gasteiger partial charge is 0.492 e. The Morgan fingerprint density at radius 2 is 2.06 bits per heavy atom. The van der Waals surface area contributed by atoms with Crippen molar-refractivity contribution in [1.29, 1.82) is 0 Å². The van der Waals surface area contributed by atoms with E-state index in [1.807, 2.05) is 18.0 Å². The van der Waals surface area contributed by atoms with Gasteiger partial charge in [0.05, 0.1) is 7.11 Å². The number of rotatable bonds is 10. The fourth-order valence-electron chi connectivity index (χ4n) is 3.96. The van der Waals surface area contributed by atoms with Crippen LogP contribution in [0.2, 0.25) is 0 Å². The van der Waals surface area contributed by atoms with Crippen molar-refractivity contribution in [3.8, 4) is 17.2 Å². The van der Waals surface area contributed by atoms with Crippen LogP contribution in [-0.2, 0) is 16.0 Å². The predicted octanol–water partition coefficient (Wildman–Crippen LogP) is 2.44. The van der Waals surface area contributed by atoms with Crippen LogP contribution in [0.15, 0.2) is 11.6 Å². The predicted molar refractivity (Wildman–Crippen MR) is 134 cm³/mol. The maximum absolute atomic E-state index is 13.2. The average molecular weight is 505 g/mol. The number of ether oxygens (including phenoxy) is 3. The van der Waals surface area contributed by atoms with Crippen LogP contribution in [0.3, 0.4) is 0 Å². The van der Waals surface area contributed by atoms with Crippen LogP contribution in [0.1, 0.15) is 43.7 Å². The minimum absolute atomic E-state index is 0.0361. The number of amides is 4. The second-order valence-electron chi connectivity index (χ2n) is 8.28. The first-order valence-corrected chi connectivity index (χ1v) is 12.0. The summed E-state index contributed by atoms with van der Waals surface area (Å²) >= 11 is 5.29. The van der Waals surface area contributed by atoms with E-state index in [9.17, 15) is 14.4 Å². The molecule has 0 radical (unpaired) electrons. The fraction of sp³-hybridized carbons (Fsp3) is 0.500. The fourth-order valence-corrected chi connectivity index (χ4v) is 4.06. The summed E-state index contributed by atoms with van der Waals surface area (Å²) < 4.78 is 16.8. The van der Waals surface area contributed by atoms with Gasteiger partial charge in [-0.25, -0.2) is 4.79 Å². The lowest BCUT2D eigenvalue weighted by Crippen LogP contribution is -2.54. The minimum atomic E-state index is -0.746. The summed E-state index contributed by atoms with van der Waals surface area (Å²) in [7, 11) is 5.10. The molecule has 2 N–H and O–H groups in total. The molecule has 4 amide bonds. The number of carbonyl (C=O) groups excluding carboxylic acids is 3. The lowest BCUT2D eigenvalue weighted by Gasteiger charge is -2.27. The van der Waals surface area contributed by atoms with Gasteiger partial charge in [0.1, 0.15) is 5.57 Å². The van der Waals surface area contributed by atoms with E-state index in [1.54, 1.807) is 7.05 Å². The second kappa shape index (κ2) is 11.9. The Labute approximate surface area is 210 Å². The molecule has 11 heteroatoms. The van der Waals surface area contributed by atoms with Crippen molar-refractivity contribution in [3.63, 3.8) is 0 Å². The molecule has 0 atom stereocenters. The summed E-state index contributed by atoms with van der Waals surface area (Å²) in [5, 5.41) is 5.79. The van der Waals surface area contributed by atoms with Crippen LogP contribution in [0.25, 0.3) is 6.08 Å². The number of thiocarbonyl (C=S) groups is 1. The summed E-state index contributed by atoms with van der Waals surface area (Å²) in [6.07, 6.45) is 5.59. The first-order valence-electron chi connectivity index (χ1n) is 11.6. The molecule has 0 bridgehead atoms. The normalized spacial score (nSPS) is 15.9. The van der Waals surface area contributed by atoms with Gasteiger partial charge in [-0.3, -0.25) is 19.8 Å². The highest BCUT2D eigenvalue weighted by molar-refractivity contribution is 7.80. The van der Waals surface area contributed by atoms with Crippen LogP contribution in [-0.4, -0.2) is 73.8 Å². The number of nitrogens with one attached hydrogen (secondary N) is 2. The summed E-state index contributed by atoms with van der Waals surface area (Å²) in [6, 6.07) is 1.11. The highest BCUT2D eigenvalue weighted by Gasteiger charge is 2.36. The van der Waals surface area contributed by atoms with Crippen molar-refractivity contribution in [2.45, 2.75) is 39.0 Å². The van der Waals surface area contributed by atoms with E-state index in [-0.39, 0.29) is 18.9 Å². The Morgan fingerprint density at radius 3 is 2.74 bits per heavy atom. The molecule has 2 aliphatic heterocycles. The van der Waals surface area contributed by atoms with E-state index in [2.05, 4.69) is 17.6 Å². The molecule has 3 rings (SSSR count). The molecule has 190 valence electrons. The van der Waals surface area contributed by atoms with Crippen molar-refractivity contribution in [2.24, 2.45) is 0 Å². The molecule has 0 unspecified atom stereocenters. The highest BCUT2D eigenvalue weighted by Crippen LogP contribution is 2.46. The molecule has 10 nitrogen and oxygen atoms in total. The summed E-state index contributed by atoms with van der Waals surface area (Å²) in [4.78, 5) is 41.2. The molecule has 1 fully saturated rings. The molecule has 0 aromatic heterocycles. The first-order chi connectivity index (χ1) is 16.8. The molecule has 35 heavy (non-hydrogen) atoms. The molecule has 0 saturated carbocycles. The van der Waals surface area contributed by atoms with Gasteiger partial charge in [-0.05, 0) is 42.8 Å². The lowest BCUT2D eigenvalue weighted by molar-refractivity contribution is -0.130. The molecule has 0 aliphatic carbocycles. The van der Waals surface area contributed by atoms with Crippen molar-refractivity contribution in [1.82, 2.24) is 20.4 Å². The van der Waals surface area contributed by atoms with Gasteiger partial charge in [0.25, 0.3) is 11.8 Å². The van der Waals surface area contributed by atoms with Crippen molar-refractivity contribution in [2.75, 3.05) is 41.1 Å². The number of urea groups is 1. The van der Waals surface area contributed by atoms with Gasteiger partial charge >= 0.3 is 6.03 Å². The summed E-state index contributed by atoms with van der Waals surface area (Å²) in [5.41, 5.74) is 1.15. The average Bonchev–Trinajstić information content (AvgIpc) is 3.31. The standard InChI is InChI=1S/C24H32N4O6S/c1-5-6-7-8-10-28-22(30)17(21(29)26-23(28)31)13-16-15(9-11-27(3)24(35)25-2)12-18-20(19(16)32-4)34-14-33-18/h12-13H,5-11,14H2,1-4H3,(H,25,35)(H,26,29,31)/b17-13+. The Bertz CT molecular complexity index is 1040. The number of methoxy groups -OCH3 is 1. The summed E-state index contributed by atoms with van der Waals surface area (Å²) in [6.45, 7) is 2.92. The number of unbranched alkanes of at least 4 members (excludes halogenated alkanes) is 3. The quantitative estimate of drug-likeness (QED) is 0.215. The Balaban J connectivity index is 1.98. The van der Waals surface area contributed by atoms with Gasteiger partial charge in [0, 0.05) is 32.7 Å². The molecular weight excluding hydrogens is 472 g/mol. The van der Waals surface area contributed by atoms with Crippen molar-refractivity contribution < 1.29 is 28.6 Å². The monoisotopic (exact) mass is 504 g/mol. The molecule has 2 aliphatic rings. The maximum atomic E-state index is 13.2. The maximum Gasteiger partial charge on any atom is 0.331 e. The molecular formula is C24H32N4O6S. The lowest BCUT2D eigenvalue weighted by atomic mass is 9.98. The van der Waals surface area contributed by atoms with Crippen molar-refractivity contribution in [3.05, 3.63) is 22.8 Å². The minimum Gasteiger partial charge on any atom is -0.492 e. The third kappa shape index (κ3) is 5.84. The van der Waals surface area contributed by atoms with Gasteiger partial charge < -0.3 is 24.4 Å². The van der Waals surface area contributed by atoms with Gasteiger partial charge in [-0.1, -0.05) is 26.2 Å². The topological polar surface area (TPSA) is 109 Å². The first kappa shape index (κ1) is 26.3. The second-order valence-corrected chi connectivity index (χ2v) is 8.66. The van der Waals surface area contributed by atoms with E-state index in [0.29, 0.717) is 47.3 Å². The molecule has 1 aromatic carbocycles. The third-order valence-electron chi connectivity index (χ3n) is 5.93. The smallest absolute Gasteiger partial charge is 0.331 e. The van der Waals surface area contributed by atoms with Gasteiger partial charge in [0.2, 0.25) is 12.5 Å². The number of barbiturate groups is 1. The number of imide groups is 2. The van der Waals surface area contributed by atoms with Crippen molar-refractivity contribution >= 4 is 41.3 Å². The Morgan fingerprint density at radius 1 is 1.29 bits per heavy atom. The zero-order valence-corrected chi connectivity index (χ0v) is 21.4. The van der Waals surface area contributed by atoms with Crippen LogP contribution in [0, 0.1) is 0 Å². The highest BCUT2D eigenvalue weighted by atomic mass is 32.1. The third-order valence-corrected chi connectivity index (χ3v) is 6.45. The SMILES string of the molecule is CCCCCCN1C(=O)NC(=O)/C(=C\c2c(CCN(C)C(=S)NC)cc3c(c2OC)OCO3)C1=O. The molecule has 1 saturated heterocycles. The van der Waals surface area contributed by atoms with Crippen LogP contribution >= 0.6 is 12.2 Å². The number of likely N-dealkylation sites (N-methyl/N-ethyl adjacent to an activating group) is 1. The van der Waals surface area contributed by atoms with Gasteiger partial charge in [-0.2, -0.15) is 0 Å². The molecule has 1 aromatic rings. The number of carbonyl (C=O) groups is 3. The van der Waals surface area contributed by atoms with E-state index < -0.39 is 17.8 Å². The molecule has 0 spiro atoms. The number of hydrogen-bond acceptors (Lipinski definition) is 7. The van der Waals surface area contributed by atoms with Gasteiger partial charge in [0.15, 0.2) is 16.6 Å². The zero-order chi connectivity index (χ0) is 25.5. The number of hydrogen-bond donors (Lipinski definition) is 2. The zero-order valence-electron chi connectivity index (χ0n) is 20.6. The molecule has 2 heterocycles. The Hall–Kier alpha value is -3.34. The van der Waals surface area contributed by atoms with E-state index in [1.165, 1.54) is 13.2 Å². The number of nitrogens with zero attached hydrogens (tertiary/aromatic N) is 2. The summed E-state index contributed by atoms with van der Waals surface area (Å²) in [5.74, 6) is -0.102. The van der Waals surface area contributed by atoms with E-state index in [0.717, 1.165) is 29.7 Å². The van der Waals surface area contributed by atoms with E-state index >= 15 is 0 Å². The number of benzene rings is 1. The number of fused-ring (bicyclic) bond motifs is 1. The van der Waals surface area contributed by atoms with Crippen LogP contribution in [0.4, 0.5) is 4.79 Å². The Kier molecular flexibility index (Phi) is 8.91. The van der Waals surface area contributed by atoms with Gasteiger partial charge in [-0.15, -0.1) is 0 Å². The van der Waals surface area contributed by atoms with E-state index in [4.69, 9.17) is 26.4 Å².